The van der Waals surface area contributed by atoms with Crippen LogP contribution in [-0.4, -0.2) is 24.0 Å². The molecule has 2 rings (SSSR count). The molecule has 1 nitrogen and oxygen atoms in total. The van der Waals surface area contributed by atoms with E-state index in [1.54, 1.807) is 0 Å². The van der Waals surface area contributed by atoms with Crippen molar-refractivity contribution in [3.63, 3.8) is 0 Å². The van der Waals surface area contributed by atoms with Crippen LogP contribution in [0.15, 0.2) is 0 Å². The lowest BCUT2D eigenvalue weighted by atomic mass is 9.84. The lowest BCUT2D eigenvalue weighted by Crippen LogP contribution is -2.24. The second kappa shape index (κ2) is 3.27. The zero-order chi connectivity index (χ0) is 9.47. The Morgan fingerprint density at radius 1 is 1.15 bits per heavy atom. The van der Waals surface area contributed by atoms with Crippen molar-refractivity contribution in [1.82, 2.24) is 4.90 Å². The van der Waals surface area contributed by atoms with Crippen molar-refractivity contribution in [3.8, 4) is 0 Å². The van der Waals surface area contributed by atoms with Gasteiger partial charge in [-0.1, -0.05) is 20.8 Å². The van der Waals surface area contributed by atoms with Gasteiger partial charge in [0.05, 0.1) is 0 Å². The van der Waals surface area contributed by atoms with Crippen molar-refractivity contribution in [2.75, 3.05) is 13.1 Å². The lowest BCUT2D eigenvalue weighted by Gasteiger charge is -2.23. The van der Waals surface area contributed by atoms with Gasteiger partial charge in [-0.15, -0.1) is 0 Å². The van der Waals surface area contributed by atoms with Crippen LogP contribution in [0, 0.1) is 11.3 Å². The summed E-state index contributed by atoms with van der Waals surface area (Å²) in [5.74, 6) is 0.987. The molecule has 76 valence electrons. The highest BCUT2D eigenvalue weighted by molar-refractivity contribution is 4.90. The molecule has 13 heavy (non-hydrogen) atoms. The highest BCUT2D eigenvalue weighted by Crippen LogP contribution is 2.35. The van der Waals surface area contributed by atoms with Crippen molar-refractivity contribution in [2.45, 2.75) is 52.5 Å². The first-order valence-electron chi connectivity index (χ1n) is 5.79. The van der Waals surface area contributed by atoms with Crippen molar-refractivity contribution in [1.29, 1.82) is 0 Å². The van der Waals surface area contributed by atoms with Gasteiger partial charge in [0.25, 0.3) is 0 Å². The van der Waals surface area contributed by atoms with Crippen LogP contribution < -0.4 is 0 Å². The van der Waals surface area contributed by atoms with E-state index in [9.17, 15) is 0 Å². The fraction of sp³-hybridized carbons (Fsp3) is 1.00. The van der Waals surface area contributed by atoms with Gasteiger partial charge in [-0.3, -0.25) is 0 Å². The van der Waals surface area contributed by atoms with E-state index < -0.39 is 0 Å². The van der Waals surface area contributed by atoms with Gasteiger partial charge >= 0.3 is 0 Å². The average Bonchev–Trinajstić information content (AvgIpc) is 2.72. The Balaban J connectivity index is 1.77. The summed E-state index contributed by atoms with van der Waals surface area (Å²) in [7, 11) is 0. The van der Waals surface area contributed by atoms with Gasteiger partial charge in [0.1, 0.15) is 0 Å². The van der Waals surface area contributed by atoms with Crippen LogP contribution in [0.25, 0.3) is 0 Å². The van der Waals surface area contributed by atoms with Gasteiger partial charge in [-0.05, 0) is 43.6 Å². The average molecular weight is 181 g/mol. The minimum Gasteiger partial charge on any atom is -0.300 e. The zero-order valence-corrected chi connectivity index (χ0v) is 9.34. The van der Waals surface area contributed by atoms with E-state index in [1.807, 2.05) is 0 Å². The number of hydrogen-bond donors (Lipinski definition) is 0. The highest BCUT2D eigenvalue weighted by Gasteiger charge is 2.35. The number of nitrogens with zero attached hydrogens (tertiary/aromatic N) is 1. The Bertz CT molecular complexity index is 176. The first-order valence-corrected chi connectivity index (χ1v) is 5.79. The predicted molar refractivity (Wildman–Crippen MR) is 56.8 cm³/mol. The second-order valence-corrected chi connectivity index (χ2v) is 6.15. The van der Waals surface area contributed by atoms with E-state index in [1.165, 1.54) is 38.8 Å². The van der Waals surface area contributed by atoms with Crippen LogP contribution in [0.5, 0.6) is 0 Å². The standard InChI is InChI=1S/C12H23N/c1-12(2,3)8-10-6-7-13(9-10)11-4-5-11/h10-11H,4-9H2,1-3H3. The molecule has 0 spiro atoms. The third-order valence-electron chi connectivity index (χ3n) is 3.28. The van der Waals surface area contributed by atoms with Crippen molar-refractivity contribution >= 4 is 0 Å². The first kappa shape index (κ1) is 9.51. The van der Waals surface area contributed by atoms with Gasteiger partial charge in [0.2, 0.25) is 0 Å². The van der Waals surface area contributed by atoms with E-state index in [2.05, 4.69) is 25.7 Å². The smallest absolute Gasteiger partial charge is 0.00965 e. The summed E-state index contributed by atoms with van der Waals surface area (Å²) in [5.41, 5.74) is 0.532. The van der Waals surface area contributed by atoms with Crippen molar-refractivity contribution in [2.24, 2.45) is 11.3 Å². The molecule has 1 heterocycles. The Labute approximate surface area is 82.5 Å². The molecule has 0 aromatic carbocycles. The molecule has 0 N–H and O–H groups in total. The molecule has 1 saturated carbocycles. The third-order valence-corrected chi connectivity index (χ3v) is 3.28. The van der Waals surface area contributed by atoms with E-state index in [0.717, 1.165) is 12.0 Å². The van der Waals surface area contributed by atoms with Gasteiger partial charge in [0, 0.05) is 12.6 Å². The summed E-state index contributed by atoms with van der Waals surface area (Å²) < 4.78 is 0. The predicted octanol–water partition coefficient (Wildman–Crippen LogP) is 2.91. The fourth-order valence-corrected chi connectivity index (χ4v) is 2.67. The van der Waals surface area contributed by atoms with E-state index in [-0.39, 0.29) is 0 Å². The minimum absolute atomic E-state index is 0.532. The van der Waals surface area contributed by atoms with Crippen molar-refractivity contribution < 1.29 is 0 Å². The topological polar surface area (TPSA) is 3.24 Å². The molecule has 0 aromatic rings. The quantitative estimate of drug-likeness (QED) is 0.633. The van der Waals surface area contributed by atoms with E-state index in [4.69, 9.17) is 0 Å². The minimum atomic E-state index is 0.532. The molecule has 0 bridgehead atoms. The molecule has 1 unspecified atom stereocenters. The SMILES string of the molecule is CC(C)(C)CC1CCN(C2CC2)C1. The molecule has 0 radical (unpaired) electrons. The molecule has 1 aliphatic heterocycles. The molecule has 2 fully saturated rings. The van der Waals surface area contributed by atoms with Gasteiger partial charge in [-0.2, -0.15) is 0 Å². The fourth-order valence-electron chi connectivity index (χ4n) is 2.67. The molecular formula is C12H23N. The van der Waals surface area contributed by atoms with Gasteiger partial charge < -0.3 is 4.90 Å². The molecular weight excluding hydrogens is 158 g/mol. The molecule has 1 atom stereocenters. The highest BCUT2D eigenvalue weighted by atomic mass is 15.2. The summed E-state index contributed by atoms with van der Waals surface area (Å²) in [6.07, 6.45) is 5.81. The third kappa shape index (κ3) is 2.70. The van der Waals surface area contributed by atoms with E-state index in [0.29, 0.717) is 5.41 Å². The molecule has 1 aliphatic carbocycles. The van der Waals surface area contributed by atoms with Crippen LogP contribution >= 0.6 is 0 Å². The van der Waals surface area contributed by atoms with Crippen LogP contribution in [0.2, 0.25) is 0 Å². The van der Waals surface area contributed by atoms with Crippen molar-refractivity contribution in [3.05, 3.63) is 0 Å². The summed E-state index contributed by atoms with van der Waals surface area (Å²) in [5, 5.41) is 0. The first-order chi connectivity index (χ1) is 6.04. The van der Waals surface area contributed by atoms with Crippen LogP contribution in [0.3, 0.4) is 0 Å². The normalized spacial score (nSPS) is 31.2. The number of rotatable bonds is 2. The number of likely N-dealkylation sites (tertiary alicyclic amines) is 1. The zero-order valence-electron chi connectivity index (χ0n) is 9.34. The summed E-state index contributed by atoms with van der Waals surface area (Å²) >= 11 is 0. The van der Waals surface area contributed by atoms with Crippen LogP contribution in [0.4, 0.5) is 0 Å². The largest absolute Gasteiger partial charge is 0.300 e. The molecule has 2 aliphatic rings. The van der Waals surface area contributed by atoms with Crippen LogP contribution in [0.1, 0.15) is 46.5 Å². The summed E-state index contributed by atoms with van der Waals surface area (Å²) in [6.45, 7) is 9.87. The number of hydrogen-bond acceptors (Lipinski definition) is 1. The summed E-state index contributed by atoms with van der Waals surface area (Å²) in [6, 6.07) is 0.991. The van der Waals surface area contributed by atoms with E-state index >= 15 is 0 Å². The maximum absolute atomic E-state index is 2.72. The van der Waals surface area contributed by atoms with Gasteiger partial charge in [0.15, 0.2) is 0 Å². The molecule has 1 saturated heterocycles. The Morgan fingerprint density at radius 2 is 1.85 bits per heavy atom. The molecule has 0 amide bonds. The lowest BCUT2D eigenvalue weighted by molar-refractivity contribution is 0.268. The maximum atomic E-state index is 2.72. The summed E-state index contributed by atoms with van der Waals surface area (Å²) in [4.78, 5) is 2.72. The van der Waals surface area contributed by atoms with Crippen LogP contribution in [-0.2, 0) is 0 Å². The van der Waals surface area contributed by atoms with Gasteiger partial charge in [-0.25, -0.2) is 0 Å². The maximum Gasteiger partial charge on any atom is 0.00965 e. The monoisotopic (exact) mass is 181 g/mol. The second-order valence-electron chi connectivity index (χ2n) is 6.15. The molecule has 0 aromatic heterocycles. The Hall–Kier alpha value is -0.0400. The Morgan fingerprint density at radius 3 is 2.38 bits per heavy atom. The molecule has 1 heteroatoms. The Kier molecular flexibility index (Phi) is 2.39.